The summed E-state index contributed by atoms with van der Waals surface area (Å²) in [5.41, 5.74) is 2.31. The molecule has 1 atom stereocenters. The Bertz CT molecular complexity index is 1020. The average Bonchev–Trinajstić information content (AvgIpc) is 2.92. The third kappa shape index (κ3) is 4.55. The van der Waals surface area contributed by atoms with Crippen LogP contribution in [0.25, 0.3) is 0 Å². The second-order valence-corrected chi connectivity index (χ2v) is 8.38. The van der Waals surface area contributed by atoms with Gasteiger partial charge in [-0.2, -0.15) is 0 Å². The fraction of sp³-hybridized carbons (Fsp3) is 0.375. The number of para-hydroxylation sites is 2. The number of nitrogens with zero attached hydrogens (tertiary/aromatic N) is 1. The van der Waals surface area contributed by atoms with Crippen LogP contribution in [0.1, 0.15) is 43.4 Å². The zero-order valence-electron chi connectivity index (χ0n) is 18.6. The molecule has 3 rings (SSSR count). The first-order valence-electron chi connectivity index (χ1n) is 10.3. The molecule has 1 aliphatic rings. The maximum absolute atomic E-state index is 13.1. The lowest BCUT2D eigenvalue weighted by molar-refractivity contribution is -0.133. The van der Waals surface area contributed by atoms with Crippen molar-refractivity contribution in [1.29, 1.82) is 0 Å². The molecular weight excluding hydrogens is 394 g/mol. The summed E-state index contributed by atoms with van der Waals surface area (Å²) in [5.74, 6) is 0.00691. The lowest BCUT2D eigenvalue weighted by atomic mass is 9.92. The number of amides is 4. The van der Waals surface area contributed by atoms with Crippen molar-refractivity contribution >= 4 is 23.5 Å². The third-order valence-corrected chi connectivity index (χ3v) is 5.57. The summed E-state index contributed by atoms with van der Waals surface area (Å²) in [6.07, 6.45) is 0.259. The van der Waals surface area contributed by atoms with Gasteiger partial charge in [0.15, 0.2) is 0 Å². The summed E-state index contributed by atoms with van der Waals surface area (Å²) in [6.45, 7) is 7.32. The van der Waals surface area contributed by atoms with Crippen LogP contribution in [0.2, 0.25) is 0 Å². The van der Waals surface area contributed by atoms with Crippen molar-refractivity contribution in [2.75, 3.05) is 19.0 Å². The molecule has 1 saturated heterocycles. The first-order valence-corrected chi connectivity index (χ1v) is 10.3. The second-order valence-electron chi connectivity index (χ2n) is 8.38. The molecule has 0 unspecified atom stereocenters. The highest BCUT2D eigenvalue weighted by Crippen LogP contribution is 2.29. The fourth-order valence-electron chi connectivity index (χ4n) is 3.91. The molecule has 2 aromatic rings. The smallest absolute Gasteiger partial charge is 0.325 e. The van der Waals surface area contributed by atoms with Crippen molar-refractivity contribution in [3.63, 3.8) is 0 Å². The van der Waals surface area contributed by atoms with Crippen LogP contribution in [0.3, 0.4) is 0 Å². The van der Waals surface area contributed by atoms with E-state index < -0.39 is 23.4 Å². The lowest BCUT2D eigenvalue weighted by Gasteiger charge is -2.23. The van der Waals surface area contributed by atoms with Gasteiger partial charge in [-0.3, -0.25) is 14.5 Å². The van der Waals surface area contributed by atoms with E-state index in [0.717, 1.165) is 27.3 Å². The highest BCUT2D eigenvalue weighted by atomic mass is 16.5. The number of methoxy groups -OCH3 is 1. The van der Waals surface area contributed by atoms with E-state index in [2.05, 4.69) is 10.6 Å². The molecule has 7 heteroatoms. The summed E-state index contributed by atoms with van der Waals surface area (Å²) < 4.78 is 5.36. The van der Waals surface area contributed by atoms with Crippen LogP contribution in [0.15, 0.2) is 42.5 Å². The van der Waals surface area contributed by atoms with E-state index in [-0.39, 0.29) is 18.9 Å². The standard InChI is InChI=1S/C24H29N3O4/c1-15(2)18-11-8-9-16(3)21(18)25-20(28)14-27-22(29)24(4,26-23(27)30)13-17-10-6-7-12-19(17)31-5/h6-12,15H,13-14H2,1-5H3,(H,25,28)(H,26,30)/t24-/m1/s1. The highest BCUT2D eigenvalue weighted by Gasteiger charge is 2.48. The van der Waals surface area contributed by atoms with Gasteiger partial charge in [-0.1, -0.05) is 50.2 Å². The maximum atomic E-state index is 13.1. The molecule has 0 radical (unpaired) electrons. The van der Waals surface area contributed by atoms with Gasteiger partial charge in [0.05, 0.1) is 7.11 Å². The number of ether oxygens (including phenoxy) is 1. The van der Waals surface area contributed by atoms with Crippen molar-refractivity contribution in [1.82, 2.24) is 10.2 Å². The first kappa shape index (κ1) is 22.3. The lowest BCUT2D eigenvalue weighted by Crippen LogP contribution is -2.46. The van der Waals surface area contributed by atoms with E-state index in [1.165, 1.54) is 0 Å². The summed E-state index contributed by atoms with van der Waals surface area (Å²) in [4.78, 5) is 39.4. The minimum atomic E-state index is -1.16. The Kier molecular flexibility index (Phi) is 6.34. The van der Waals surface area contributed by atoms with Crippen molar-refractivity contribution in [3.8, 4) is 5.75 Å². The Morgan fingerprint density at radius 2 is 1.87 bits per heavy atom. The number of rotatable bonds is 7. The Labute approximate surface area is 182 Å². The molecular formula is C24H29N3O4. The van der Waals surface area contributed by atoms with Gasteiger partial charge < -0.3 is 15.4 Å². The van der Waals surface area contributed by atoms with E-state index in [9.17, 15) is 14.4 Å². The van der Waals surface area contributed by atoms with Crippen LogP contribution >= 0.6 is 0 Å². The molecule has 1 fully saturated rings. The molecule has 0 aliphatic carbocycles. The van der Waals surface area contributed by atoms with E-state index in [0.29, 0.717) is 5.75 Å². The highest BCUT2D eigenvalue weighted by molar-refractivity contribution is 6.10. The number of carbonyl (C=O) groups is 3. The molecule has 7 nitrogen and oxygen atoms in total. The number of hydrogen-bond acceptors (Lipinski definition) is 4. The number of carbonyl (C=O) groups excluding carboxylic acids is 3. The van der Waals surface area contributed by atoms with Crippen molar-refractivity contribution in [2.45, 2.75) is 45.6 Å². The van der Waals surface area contributed by atoms with Gasteiger partial charge in [0.25, 0.3) is 5.91 Å². The van der Waals surface area contributed by atoms with E-state index >= 15 is 0 Å². The molecule has 0 saturated carbocycles. The molecule has 2 aromatic carbocycles. The van der Waals surface area contributed by atoms with Crippen LogP contribution in [0, 0.1) is 6.92 Å². The van der Waals surface area contributed by atoms with Gasteiger partial charge in [-0.15, -0.1) is 0 Å². The van der Waals surface area contributed by atoms with Gasteiger partial charge in [0.1, 0.15) is 17.8 Å². The number of nitrogens with one attached hydrogen (secondary N) is 2. The zero-order chi connectivity index (χ0) is 22.8. The predicted octanol–water partition coefficient (Wildman–Crippen LogP) is 3.62. The SMILES string of the molecule is COc1ccccc1C[C@@]1(C)NC(=O)N(CC(=O)Nc2c(C)cccc2C(C)C)C1=O. The Hall–Kier alpha value is -3.35. The zero-order valence-corrected chi connectivity index (χ0v) is 18.6. The average molecular weight is 424 g/mol. The number of hydrogen-bond donors (Lipinski definition) is 2. The molecule has 2 N–H and O–H groups in total. The number of anilines is 1. The van der Waals surface area contributed by atoms with Gasteiger partial charge >= 0.3 is 6.03 Å². The monoisotopic (exact) mass is 423 g/mol. The number of imide groups is 1. The second kappa shape index (κ2) is 8.79. The summed E-state index contributed by atoms with van der Waals surface area (Å²) in [6, 6.07) is 12.6. The van der Waals surface area contributed by atoms with E-state index in [1.807, 2.05) is 57.2 Å². The molecule has 4 amide bonds. The number of benzene rings is 2. The molecule has 31 heavy (non-hydrogen) atoms. The summed E-state index contributed by atoms with van der Waals surface area (Å²) in [5, 5.41) is 5.63. The van der Waals surface area contributed by atoms with Crippen LogP contribution in [0.5, 0.6) is 5.75 Å². The van der Waals surface area contributed by atoms with Gasteiger partial charge in [-0.05, 0) is 42.5 Å². The molecule has 1 aliphatic heterocycles. The van der Waals surface area contributed by atoms with Crippen molar-refractivity contribution < 1.29 is 19.1 Å². The van der Waals surface area contributed by atoms with Crippen LogP contribution in [0.4, 0.5) is 10.5 Å². The number of urea groups is 1. The van der Waals surface area contributed by atoms with E-state index in [4.69, 9.17) is 4.74 Å². The summed E-state index contributed by atoms with van der Waals surface area (Å²) >= 11 is 0. The third-order valence-electron chi connectivity index (χ3n) is 5.57. The normalized spacial score (nSPS) is 18.3. The van der Waals surface area contributed by atoms with E-state index in [1.54, 1.807) is 20.1 Å². The molecule has 164 valence electrons. The summed E-state index contributed by atoms with van der Waals surface area (Å²) in [7, 11) is 1.56. The molecule has 0 aromatic heterocycles. The van der Waals surface area contributed by atoms with Gasteiger partial charge in [-0.25, -0.2) is 4.79 Å². The van der Waals surface area contributed by atoms with Gasteiger partial charge in [0, 0.05) is 12.1 Å². The molecule has 0 spiro atoms. The quantitative estimate of drug-likeness (QED) is 0.666. The molecule has 1 heterocycles. The van der Waals surface area contributed by atoms with Gasteiger partial charge in [0.2, 0.25) is 5.91 Å². The minimum absolute atomic E-state index is 0.219. The van der Waals surface area contributed by atoms with Crippen LogP contribution in [-0.4, -0.2) is 41.9 Å². The van der Waals surface area contributed by atoms with Crippen LogP contribution in [-0.2, 0) is 16.0 Å². The maximum Gasteiger partial charge on any atom is 0.325 e. The fourth-order valence-corrected chi connectivity index (χ4v) is 3.91. The predicted molar refractivity (Wildman–Crippen MR) is 119 cm³/mol. The Balaban J connectivity index is 1.75. The van der Waals surface area contributed by atoms with Crippen molar-refractivity contribution in [3.05, 3.63) is 59.2 Å². The minimum Gasteiger partial charge on any atom is -0.496 e. The Morgan fingerprint density at radius 1 is 1.16 bits per heavy atom. The number of aryl methyl sites for hydroxylation is 1. The van der Waals surface area contributed by atoms with Crippen LogP contribution < -0.4 is 15.4 Å². The molecule has 0 bridgehead atoms. The topological polar surface area (TPSA) is 87.7 Å². The first-order chi connectivity index (χ1) is 14.7. The van der Waals surface area contributed by atoms with Crippen molar-refractivity contribution in [2.24, 2.45) is 0 Å². The largest absolute Gasteiger partial charge is 0.496 e. The Morgan fingerprint density at radius 3 is 2.55 bits per heavy atom.